The number of hydrogen-bond acceptors (Lipinski definition) is 3. The quantitative estimate of drug-likeness (QED) is 0.885. The van der Waals surface area contributed by atoms with E-state index in [-0.39, 0.29) is 18.0 Å². The number of nitrogens with zero attached hydrogens (tertiary/aromatic N) is 1. The molecule has 0 atom stereocenters. The lowest BCUT2D eigenvalue weighted by molar-refractivity contribution is 0.0546. The normalized spacial score (nSPS) is 18.4. The zero-order valence-electron chi connectivity index (χ0n) is 8.10. The predicted molar refractivity (Wildman–Crippen MR) is 58.9 cm³/mol. The Morgan fingerprint density at radius 3 is 2.56 bits per heavy atom. The van der Waals surface area contributed by atoms with Crippen molar-refractivity contribution < 1.29 is 17.9 Å². The highest BCUT2D eigenvalue weighted by Gasteiger charge is 2.36. The fourth-order valence-corrected chi connectivity index (χ4v) is 3.33. The zero-order valence-corrected chi connectivity index (χ0v) is 10.5. The van der Waals surface area contributed by atoms with Crippen LogP contribution in [0.2, 0.25) is 0 Å². The molecule has 1 heterocycles. The third-order valence-corrected chi connectivity index (χ3v) is 4.70. The molecular formula is C9H9BrFNO3S. The van der Waals surface area contributed by atoms with Gasteiger partial charge in [0.15, 0.2) is 0 Å². The van der Waals surface area contributed by atoms with Crippen molar-refractivity contribution in [2.45, 2.75) is 11.0 Å². The topological polar surface area (TPSA) is 57.6 Å². The Hall–Kier alpha value is -0.500. The molecule has 7 heteroatoms. The first-order chi connectivity index (χ1) is 7.41. The van der Waals surface area contributed by atoms with Gasteiger partial charge in [0.05, 0.1) is 6.10 Å². The monoisotopic (exact) mass is 309 g/mol. The first kappa shape index (κ1) is 12.0. The predicted octanol–water partition coefficient (Wildman–Crippen LogP) is 0.953. The van der Waals surface area contributed by atoms with Crippen LogP contribution in [-0.4, -0.2) is 37.0 Å². The number of halogens is 2. The first-order valence-electron chi connectivity index (χ1n) is 4.54. The van der Waals surface area contributed by atoms with Gasteiger partial charge in [-0.25, -0.2) is 12.8 Å². The molecular weight excluding hydrogens is 301 g/mol. The number of hydrogen-bond donors (Lipinski definition) is 1. The third kappa shape index (κ3) is 2.00. The van der Waals surface area contributed by atoms with Crippen LogP contribution >= 0.6 is 15.9 Å². The highest BCUT2D eigenvalue weighted by Crippen LogP contribution is 2.25. The molecule has 0 unspecified atom stereocenters. The summed E-state index contributed by atoms with van der Waals surface area (Å²) in [6.07, 6.45) is -0.645. The van der Waals surface area contributed by atoms with Crippen LogP contribution in [0, 0.1) is 5.82 Å². The zero-order chi connectivity index (χ0) is 11.9. The van der Waals surface area contributed by atoms with Gasteiger partial charge in [-0.1, -0.05) is 15.9 Å². The van der Waals surface area contributed by atoms with E-state index in [1.165, 1.54) is 12.1 Å². The second-order valence-electron chi connectivity index (χ2n) is 3.55. The van der Waals surface area contributed by atoms with Crippen LogP contribution in [0.1, 0.15) is 0 Å². The summed E-state index contributed by atoms with van der Waals surface area (Å²) in [4.78, 5) is -0.359. The van der Waals surface area contributed by atoms with Gasteiger partial charge in [-0.05, 0) is 18.2 Å². The van der Waals surface area contributed by atoms with Crippen LogP contribution in [0.5, 0.6) is 0 Å². The van der Waals surface area contributed by atoms with E-state index in [2.05, 4.69) is 15.9 Å². The molecule has 0 saturated carbocycles. The molecule has 88 valence electrons. The summed E-state index contributed by atoms with van der Waals surface area (Å²) < 4.78 is 38.7. The van der Waals surface area contributed by atoms with E-state index < -0.39 is 21.9 Å². The maximum atomic E-state index is 13.5. The molecule has 1 saturated heterocycles. The maximum Gasteiger partial charge on any atom is 0.246 e. The molecule has 0 aliphatic carbocycles. The van der Waals surface area contributed by atoms with E-state index in [0.29, 0.717) is 4.47 Å². The average molecular weight is 310 g/mol. The van der Waals surface area contributed by atoms with E-state index in [9.17, 15) is 12.8 Å². The second-order valence-corrected chi connectivity index (χ2v) is 6.37. The molecule has 0 radical (unpaired) electrons. The van der Waals surface area contributed by atoms with Gasteiger partial charge in [-0.3, -0.25) is 0 Å². The lowest BCUT2D eigenvalue weighted by Crippen LogP contribution is -2.53. The van der Waals surface area contributed by atoms with Crippen LogP contribution in [0.4, 0.5) is 4.39 Å². The Morgan fingerprint density at radius 1 is 1.44 bits per heavy atom. The van der Waals surface area contributed by atoms with Gasteiger partial charge in [0, 0.05) is 17.6 Å². The molecule has 1 aromatic carbocycles. The molecule has 1 fully saturated rings. The lowest BCUT2D eigenvalue weighted by atomic mass is 10.2. The van der Waals surface area contributed by atoms with Crippen molar-refractivity contribution in [1.82, 2.24) is 4.31 Å². The first-order valence-corrected chi connectivity index (χ1v) is 6.78. The maximum absolute atomic E-state index is 13.5. The Kier molecular flexibility index (Phi) is 3.04. The average Bonchev–Trinajstić information content (AvgIpc) is 2.12. The molecule has 0 amide bonds. The van der Waals surface area contributed by atoms with Crippen LogP contribution in [0.25, 0.3) is 0 Å². The van der Waals surface area contributed by atoms with Crippen LogP contribution in [0.3, 0.4) is 0 Å². The standard InChI is InChI=1S/C9H9BrFNO3S/c10-6-1-2-9(8(11)3-6)16(14,15)12-4-7(13)5-12/h1-3,7,13H,4-5H2. The Morgan fingerprint density at radius 2 is 2.06 bits per heavy atom. The number of rotatable bonds is 2. The van der Waals surface area contributed by atoms with Gasteiger partial charge in [-0.2, -0.15) is 4.31 Å². The second kappa shape index (κ2) is 4.06. The fraction of sp³-hybridized carbons (Fsp3) is 0.333. The van der Waals surface area contributed by atoms with Gasteiger partial charge in [0.1, 0.15) is 10.7 Å². The summed E-state index contributed by atoms with van der Waals surface area (Å²) in [5, 5.41) is 9.03. The van der Waals surface area contributed by atoms with Gasteiger partial charge in [0.25, 0.3) is 0 Å². The number of aliphatic hydroxyl groups is 1. The van der Waals surface area contributed by atoms with Crippen LogP contribution in [-0.2, 0) is 10.0 Å². The lowest BCUT2D eigenvalue weighted by Gasteiger charge is -2.34. The van der Waals surface area contributed by atoms with E-state index in [4.69, 9.17) is 5.11 Å². The minimum absolute atomic E-state index is 0.0256. The van der Waals surface area contributed by atoms with Gasteiger partial charge < -0.3 is 5.11 Å². The number of sulfonamides is 1. The summed E-state index contributed by atoms with van der Waals surface area (Å²) in [5.74, 6) is -0.796. The molecule has 0 bridgehead atoms. The van der Waals surface area contributed by atoms with Crippen molar-refractivity contribution in [2.75, 3.05) is 13.1 Å². The van der Waals surface area contributed by atoms with Gasteiger partial charge in [-0.15, -0.1) is 0 Å². The number of aliphatic hydroxyl groups excluding tert-OH is 1. The molecule has 1 aliphatic heterocycles. The smallest absolute Gasteiger partial charge is 0.246 e. The summed E-state index contributed by atoms with van der Waals surface area (Å²) in [5.41, 5.74) is 0. The minimum Gasteiger partial charge on any atom is -0.390 e. The van der Waals surface area contributed by atoms with Crippen molar-refractivity contribution in [2.24, 2.45) is 0 Å². The highest BCUT2D eigenvalue weighted by atomic mass is 79.9. The van der Waals surface area contributed by atoms with Gasteiger partial charge in [0.2, 0.25) is 10.0 Å². The summed E-state index contributed by atoms with van der Waals surface area (Å²) in [6, 6.07) is 3.77. The summed E-state index contributed by atoms with van der Waals surface area (Å²) in [7, 11) is -3.81. The van der Waals surface area contributed by atoms with Crippen LogP contribution in [0.15, 0.2) is 27.6 Å². The van der Waals surface area contributed by atoms with Crippen LogP contribution < -0.4 is 0 Å². The van der Waals surface area contributed by atoms with E-state index >= 15 is 0 Å². The Balaban J connectivity index is 2.36. The SMILES string of the molecule is O=S(=O)(c1ccc(Br)cc1F)N1CC(O)C1. The summed E-state index contributed by atoms with van der Waals surface area (Å²) in [6.45, 7) is 0.0513. The van der Waals surface area contributed by atoms with Crippen molar-refractivity contribution in [3.63, 3.8) is 0 Å². The largest absolute Gasteiger partial charge is 0.390 e. The van der Waals surface area contributed by atoms with E-state index in [0.717, 1.165) is 10.4 Å². The minimum atomic E-state index is -3.81. The fourth-order valence-electron chi connectivity index (χ4n) is 1.44. The molecule has 16 heavy (non-hydrogen) atoms. The molecule has 1 aliphatic rings. The van der Waals surface area contributed by atoms with Crippen molar-refractivity contribution in [3.8, 4) is 0 Å². The Labute approximate surface area is 101 Å². The summed E-state index contributed by atoms with van der Waals surface area (Å²) >= 11 is 3.05. The molecule has 2 rings (SSSR count). The van der Waals surface area contributed by atoms with Crippen molar-refractivity contribution >= 4 is 26.0 Å². The van der Waals surface area contributed by atoms with E-state index in [1.54, 1.807) is 0 Å². The molecule has 4 nitrogen and oxygen atoms in total. The third-order valence-electron chi connectivity index (χ3n) is 2.34. The van der Waals surface area contributed by atoms with E-state index in [1.807, 2.05) is 0 Å². The highest BCUT2D eigenvalue weighted by molar-refractivity contribution is 9.10. The number of benzene rings is 1. The van der Waals surface area contributed by atoms with Crippen molar-refractivity contribution in [1.29, 1.82) is 0 Å². The Bertz CT molecular complexity index is 513. The molecule has 1 aromatic rings. The molecule has 1 N–H and O–H groups in total. The number of β-amino-alcohol motifs (C(OH)–C–C–N with tert-alkyl or cyclic N) is 1. The van der Waals surface area contributed by atoms with Gasteiger partial charge >= 0.3 is 0 Å². The molecule has 0 spiro atoms. The molecule has 0 aromatic heterocycles. The van der Waals surface area contributed by atoms with Crippen molar-refractivity contribution in [3.05, 3.63) is 28.5 Å².